The highest BCUT2D eigenvalue weighted by Crippen LogP contribution is 2.52. The number of carbonyl (C=O) groups is 2. The Morgan fingerprint density at radius 1 is 1.15 bits per heavy atom. The number of amides is 2. The molecule has 3 N–H and O–H groups in total. The fourth-order valence-corrected chi connectivity index (χ4v) is 5.75. The van der Waals surface area contributed by atoms with E-state index in [2.05, 4.69) is 59.1 Å². The molecular weight excluding hydrogens is 529 g/mol. The van der Waals surface area contributed by atoms with E-state index in [1.807, 2.05) is 6.92 Å². The van der Waals surface area contributed by atoms with Crippen molar-refractivity contribution in [2.24, 2.45) is 28.7 Å². The van der Waals surface area contributed by atoms with Crippen LogP contribution >= 0.6 is 24.0 Å². The summed E-state index contributed by atoms with van der Waals surface area (Å²) in [6.45, 7) is 6.44. The number of H-pyrrole nitrogens is 1. The molecule has 2 aliphatic carbocycles. The van der Waals surface area contributed by atoms with Crippen molar-refractivity contribution in [3.8, 4) is 0 Å². The molecule has 0 spiro atoms. The highest BCUT2D eigenvalue weighted by Gasteiger charge is 2.58. The van der Waals surface area contributed by atoms with Crippen LogP contribution in [0.4, 0.5) is 0 Å². The average molecular weight is 561 g/mol. The summed E-state index contributed by atoms with van der Waals surface area (Å²) < 4.78 is 0. The molecule has 1 saturated heterocycles. The quantitative estimate of drug-likeness (QED) is 0.160. The molecular formula is C25H32IN5O2. The van der Waals surface area contributed by atoms with Gasteiger partial charge < -0.3 is 15.6 Å². The van der Waals surface area contributed by atoms with Crippen LogP contribution in [0.25, 0.3) is 10.9 Å². The number of guanidine groups is 1. The van der Waals surface area contributed by atoms with E-state index in [1.165, 1.54) is 21.4 Å². The number of aliphatic imine (C=N–C) groups is 1. The molecule has 1 saturated carbocycles. The van der Waals surface area contributed by atoms with Crippen LogP contribution in [0, 0.1) is 30.6 Å². The number of likely N-dealkylation sites (tertiary alicyclic amines) is 1. The molecule has 4 unspecified atom stereocenters. The third-order valence-corrected chi connectivity index (χ3v) is 7.18. The first-order valence-electron chi connectivity index (χ1n) is 11.7. The van der Waals surface area contributed by atoms with Crippen LogP contribution in [-0.4, -0.2) is 53.8 Å². The molecule has 4 atom stereocenters. The molecule has 1 aliphatic heterocycles. The molecule has 2 fully saturated rings. The fraction of sp³-hybridized carbons (Fsp3) is 0.480. The van der Waals surface area contributed by atoms with Gasteiger partial charge >= 0.3 is 0 Å². The fourth-order valence-electron chi connectivity index (χ4n) is 5.75. The van der Waals surface area contributed by atoms with E-state index in [1.54, 1.807) is 0 Å². The van der Waals surface area contributed by atoms with Gasteiger partial charge in [-0.2, -0.15) is 0 Å². The summed E-state index contributed by atoms with van der Waals surface area (Å²) in [5, 5.41) is 7.82. The normalized spacial score (nSPS) is 25.6. The van der Waals surface area contributed by atoms with E-state index >= 15 is 0 Å². The number of allylic oxidation sites excluding steroid dienone is 2. The summed E-state index contributed by atoms with van der Waals surface area (Å²) in [5.74, 6) is 0.992. The zero-order valence-electron chi connectivity index (χ0n) is 19.1. The summed E-state index contributed by atoms with van der Waals surface area (Å²) in [7, 11) is 0. The lowest BCUT2D eigenvalue weighted by atomic mass is 9.85. The van der Waals surface area contributed by atoms with Gasteiger partial charge in [-0.25, -0.2) is 0 Å². The summed E-state index contributed by atoms with van der Waals surface area (Å²) in [6, 6.07) is 6.29. The molecule has 2 bridgehead atoms. The van der Waals surface area contributed by atoms with Gasteiger partial charge in [0.2, 0.25) is 11.8 Å². The van der Waals surface area contributed by atoms with Crippen molar-refractivity contribution in [3.05, 3.63) is 47.7 Å². The van der Waals surface area contributed by atoms with Crippen LogP contribution in [0.1, 0.15) is 24.5 Å². The summed E-state index contributed by atoms with van der Waals surface area (Å²) >= 11 is 0. The molecule has 176 valence electrons. The van der Waals surface area contributed by atoms with Crippen LogP contribution in [0.15, 0.2) is 41.5 Å². The number of imide groups is 1. The van der Waals surface area contributed by atoms with Gasteiger partial charge in [0.05, 0.1) is 11.8 Å². The van der Waals surface area contributed by atoms with Gasteiger partial charge in [-0.3, -0.25) is 19.5 Å². The lowest BCUT2D eigenvalue weighted by Gasteiger charge is -2.18. The summed E-state index contributed by atoms with van der Waals surface area (Å²) in [5.41, 5.74) is 3.68. The number of fused-ring (bicyclic) bond motifs is 6. The largest absolute Gasteiger partial charge is 0.361 e. The van der Waals surface area contributed by atoms with Gasteiger partial charge in [0, 0.05) is 43.3 Å². The monoisotopic (exact) mass is 561 g/mol. The first kappa shape index (κ1) is 23.8. The van der Waals surface area contributed by atoms with Gasteiger partial charge in [-0.05, 0) is 55.7 Å². The maximum atomic E-state index is 12.8. The molecule has 5 rings (SSSR count). The predicted molar refractivity (Wildman–Crippen MR) is 141 cm³/mol. The molecule has 8 heteroatoms. The van der Waals surface area contributed by atoms with E-state index in [0.29, 0.717) is 25.6 Å². The van der Waals surface area contributed by atoms with Crippen molar-refractivity contribution in [2.45, 2.75) is 26.7 Å². The average Bonchev–Trinajstić information content (AvgIpc) is 3.54. The second-order valence-corrected chi connectivity index (χ2v) is 9.08. The smallest absolute Gasteiger partial charge is 0.233 e. The van der Waals surface area contributed by atoms with E-state index in [0.717, 1.165) is 24.9 Å². The van der Waals surface area contributed by atoms with Gasteiger partial charge in [0.25, 0.3) is 0 Å². The molecule has 7 nitrogen and oxygen atoms in total. The Labute approximate surface area is 211 Å². The highest BCUT2D eigenvalue weighted by molar-refractivity contribution is 14.0. The number of rotatable bonds is 7. The second-order valence-electron chi connectivity index (χ2n) is 9.08. The van der Waals surface area contributed by atoms with E-state index in [-0.39, 0.29) is 59.5 Å². The van der Waals surface area contributed by atoms with Crippen molar-refractivity contribution in [2.75, 3.05) is 26.2 Å². The van der Waals surface area contributed by atoms with Crippen LogP contribution in [0.2, 0.25) is 0 Å². The summed E-state index contributed by atoms with van der Waals surface area (Å²) in [4.78, 5) is 35.1. The van der Waals surface area contributed by atoms with Crippen molar-refractivity contribution in [1.29, 1.82) is 0 Å². The Hall–Kier alpha value is -2.36. The number of nitrogens with zero attached hydrogens (tertiary/aromatic N) is 2. The van der Waals surface area contributed by atoms with Gasteiger partial charge in [0.1, 0.15) is 0 Å². The van der Waals surface area contributed by atoms with E-state index in [4.69, 9.17) is 4.99 Å². The maximum Gasteiger partial charge on any atom is 0.233 e. The van der Waals surface area contributed by atoms with Crippen LogP contribution in [0.3, 0.4) is 0 Å². The number of hydrogen-bond acceptors (Lipinski definition) is 3. The zero-order valence-corrected chi connectivity index (χ0v) is 21.5. The first-order chi connectivity index (χ1) is 15.6. The number of aromatic nitrogens is 1. The Morgan fingerprint density at radius 3 is 2.58 bits per heavy atom. The Bertz CT molecular complexity index is 1080. The van der Waals surface area contributed by atoms with Crippen molar-refractivity contribution >= 4 is 52.7 Å². The number of halogens is 1. The molecule has 2 aromatic rings. The van der Waals surface area contributed by atoms with Crippen LogP contribution in [-0.2, 0) is 16.0 Å². The minimum Gasteiger partial charge on any atom is -0.361 e. The summed E-state index contributed by atoms with van der Waals surface area (Å²) in [6.07, 6.45) is 8.13. The Morgan fingerprint density at radius 2 is 1.88 bits per heavy atom. The third kappa shape index (κ3) is 4.29. The standard InChI is InChI=1S/C25H31N5O2.HI/c1-3-26-25(27-10-9-18-14-29-19-6-4-5-15(2)20(18)19)28-11-12-30-23(31)21-16-7-8-17(13-16)22(21)24(30)32;/h4-8,14,16-17,21-22,29H,3,9-13H2,1-2H3,(H2,26,27,28);1H. The second kappa shape index (κ2) is 9.87. The topological polar surface area (TPSA) is 89.6 Å². The van der Waals surface area contributed by atoms with Crippen LogP contribution < -0.4 is 10.6 Å². The number of hydrogen-bond donors (Lipinski definition) is 3. The number of aromatic amines is 1. The van der Waals surface area contributed by atoms with E-state index in [9.17, 15) is 9.59 Å². The number of aryl methyl sites for hydroxylation is 1. The van der Waals surface area contributed by atoms with Gasteiger partial charge in [-0.15, -0.1) is 24.0 Å². The number of benzene rings is 1. The minimum atomic E-state index is -0.126. The Balaban J connectivity index is 0.00000259. The zero-order chi connectivity index (χ0) is 22.2. The molecule has 33 heavy (non-hydrogen) atoms. The molecule has 2 amide bonds. The predicted octanol–water partition coefficient (Wildman–Crippen LogP) is 3.00. The maximum absolute atomic E-state index is 12.8. The Kier molecular flexibility index (Phi) is 7.11. The van der Waals surface area contributed by atoms with Crippen molar-refractivity contribution in [1.82, 2.24) is 20.5 Å². The lowest BCUT2D eigenvalue weighted by Crippen LogP contribution is -2.43. The third-order valence-electron chi connectivity index (χ3n) is 7.18. The minimum absolute atomic E-state index is 0. The van der Waals surface area contributed by atoms with Crippen LogP contribution in [0.5, 0.6) is 0 Å². The van der Waals surface area contributed by atoms with Crippen molar-refractivity contribution < 1.29 is 9.59 Å². The SMILES string of the molecule is CCNC(=NCCc1c[nH]c2cccc(C)c12)NCCN1C(=O)C2C3C=CC(C3)C2C1=O.I. The molecule has 1 aromatic carbocycles. The van der Waals surface area contributed by atoms with E-state index < -0.39 is 0 Å². The van der Waals surface area contributed by atoms with Gasteiger partial charge in [-0.1, -0.05) is 24.3 Å². The molecule has 3 aliphatic rings. The number of nitrogens with one attached hydrogen (secondary N) is 3. The first-order valence-corrected chi connectivity index (χ1v) is 11.7. The van der Waals surface area contributed by atoms with Crippen molar-refractivity contribution in [3.63, 3.8) is 0 Å². The molecule has 0 radical (unpaired) electrons. The highest BCUT2D eigenvalue weighted by atomic mass is 127. The molecule has 1 aromatic heterocycles. The lowest BCUT2D eigenvalue weighted by molar-refractivity contribution is -0.140. The number of carbonyl (C=O) groups excluding carboxylic acids is 2. The van der Waals surface area contributed by atoms with Gasteiger partial charge in [0.15, 0.2) is 5.96 Å². The molecule has 2 heterocycles.